The average molecular weight is 346 g/mol. The van der Waals surface area contributed by atoms with E-state index in [-0.39, 0.29) is 38.0 Å². The lowest BCUT2D eigenvalue weighted by molar-refractivity contribution is -0.137. The van der Waals surface area contributed by atoms with Crippen molar-refractivity contribution < 1.29 is 29.4 Å². The predicted octanol–water partition coefficient (Wildman–Crippen LogP) is 0.0946. The van der Waals surface area contributed by atoms with Crippen molar-refractivity contribution in [2.24, 2.45) is 0 Å². The maximum absolute atomic E-state index is 11.3. The first kappa shape index (κ1) is 21.5. The number of unbranched alkanes of at least 4 members (excludes halogenated alkanes) is 3. The molecule has 138 valence electrons. The minimum Gasteiger partial charge on any atom is -0.481 e. The lowest BCUT2D eigenvalue weighted by Gasteiger charge is -2.07. The van der Waals surface area contributed by atoms with Crippen LogP contribution in [0.2, 0.25) is 0 Å². The summed E-state index contributed by atoms with van der Waals surface area (Å²) in [6.45, 7) is 1.20. The van der Waals surface area contributed by atoms with Crippen molar-refractivity contribution in [3.05, 3.63) is 0 Å². The quantitative estimate of drug-likeness (QED) is 0.260. The number of amides is 4. The molecule has 0 aromatic rings. The van der Waals surface area contributed by atoms with Crippen LogP contribution in [0.3, 0.4) is 0 Å². The fourth-order valence-electron chi connectivity index (χ4n) is 1.70. The van der Waals surface area contributed by atoms with Gasteiger partial charge in [0, 0.05) is 26.2 Å². The van der Waals surface area contributed by atoms with Crippen LogP contribution in [0.5, 0.6) is 0 Å². The molecule has 0 aliphatic rings. The first-order valence-electron chi connectivity index (χ1n) is 7.89. The number of nitrogens with one attached hydrogen (secondary N) is 4. The summed E-state index contributed by atoms with van der Waals surface area (Å²) in [5.41, 5.74) is 0. The van der Waals surface area contributed by atoms with Crippen molar-refractivity contribution in [3.63, 3.8) is 0 Å². The van der Waals surface area contributed by atoms with Gasteiger partial charge in [-0.1, -0.05) is 12.8 Å². The number of carboxylic acids is 2. The highest BCUT2D eigenvalue weighted by Gasteiger charge is 2.02. The highest BCUT2D eigenvalue weighted by atomic mass is 16.4. The zero-order valence-corrected chi connectivity index (χ0v) is 13.6. The Morgan fingerprint density at radius 1 is 0.542 bits per heavy atom. The maximum Gasteiger partial charge on any atom is 0.314 e. The third-order valence-corrected chi connectivity index (χ3v) is 2.92. The van der Waals surface area contributed by atoms with Crippen LogP contribution in [-0.4, -0.2) is 60.4 Å². The largest absolute Gasteiger partial charge is 0.481 e. The van der Waals surface area contributed by atoms with Crippen molar-refractivity contribution in [1.82, 2.24) is 21.3 Å². The Hall–Kier alpha value is -2.52. The molecule has 0 spiro atoms. The molecule has 6 N–H and O–H groups in total. The molecule has 0 fully saturated rings. The molecule has 0 saturated carbocycles. The molecule has 0 heterocycles. The van der Waals surface area contributed by atoms with Gasteiger partial charge in [-0.3, -0.25) is 9.59 Å². The van der Waals surface area contributed by atoms with Crippen molar-refractivity contribution in [3.8, 4) is 0 Å². The highest BCUT2D eigenvalue weighted by Crippen LogP contribution is 1.97. The fourth-order valence-corrected chi connectivity index (χ4v) is 1.70. The number of hydrogen-bond donors (Lipinski definition) is 6. The SMILES string of the molecule is O=C(O)CCNC(=O)NCCCCCCNC(=O)NCCC(=O)O. The second kappa shape index (κ2) is 14.1. The van der Waals surface area contributed by atoms with Crippen LogP contribution in [0.15, 0.2) is 0 Å². The van der Waals surface area contributed by atoms with Gasteiger partial charge in [0.05, 0.1) is 12.8 Å². The topological polar surface area (TPSA) is 157 Å². The number of aliphatic carboxylic acids is 2. The normalized spacial score (nSPS) is 9.83. The van der Waals surface area contributed by atoms with Gasteiger partial charge in [0.15, 0.2) is 0 Å². The van der Waals surface area contributed by atoms with Gasteiger partial charge in [0.1, 0.15) is 0 Å². The van der Waals surface area contributed by atoms with Gasteiger partial charge in [-0.2, -0.15) is 0 Å². The Labute approximate surface area is 140 Å². The molecule has 24 heavy (non-hydrogen) atoms. The van der Waals surface area contributed by atoms with Crippen molar-refractivity contribution in [1.29, 1.82) is 0 Å². The van der Waals surface area contributed by atoms with Gasteiger partial charge < -0.3 is 31.5 Å². The van der Waals surface area contributed by atoms with Gasteiger partial charge in [0.25, 0.3) is 0 Å². The van der Waals surface area contributed by atoms with Crippen LogP contribution in [0, 0.1) is 0 Å². The summed E-state index contributed by atoms with van der Waals surface area (Å²) in [7, 11) is 0. The van der Waals surface area contributed by atoms with Gasteiger partial charge in [-0.25, -0.2) is 9.59 Å². The molecule has 0 radical (unpaired) electrons. The molecule has 4 amide bonds. The van der Waals surface area contributed by atoms with Crippen LogP contribution >= 0.6 is 0 Å². The number of rotatable bonds is 13. The highest BCUT2D eigenvalue weighted by molar-refractivity contribution is 5.75. The molecule has 0 aromatic heterocycles. The second-order valence-electron chi connectivity index (χ2n) is 5.07. The summed E-state index contributed by atoms with van der Waals surface area (Å²) in [6, 6.07) is -0.758. The maximum atomic E-state index is 11.3. The summed E-state index contributed by atoms with van der Waals surface area (Å²) in [5.74, 6) is -1.92. The summed E-state index contributed by atoms with van der Waals surface area (Å²) in [5, 5.41) is 27.0. The Morgan fingerprint density at radius 3 is 1.21 bits per heavy atom. The monoisotopic (exact) mass is 346 g/mol. The van der Waals surface area contributed by atoms with Crippen molar-refractivity contribution >= 4 is 24.0 Å². The molecule has 0 bridgehead atoms. The molecule has 0 aliphatic carbocycles. The zero-order valence-electron chi connectivity index (χ0n) is 13.6. The third-order valence-electron chi connectivity index (χ3n) is 2.92. The van der Waals surface area contributed by atoms with E-state index in [0.717, 1.165) is 25.7 Å². The Morgan fingerprint density at radius 2 is 0.875 bits per heavy atom. The first-order chi connectivity index (χ1) is 11.4. The summed E-state index contributed by atoms with van der Waals surface area (Å²) < 4.78 is 0. The molecule has 0 aromatic carbocycles. The number of hydrogen-bond acceptors (Lipinski definition) is 4. The number of urea groups is 2. The predicted molar refractivity (Wildman–Crippen MR) is 85.8 cm³/mol. The van der Waals surface area contributed by atoms with Crippen LogP contribution in [0.25, 0.3) is 0 Å². The minimum atomic E-state index is -0.959. The molecular weight excluding hydrogens is 320 g/mol. The van der Waals surface area contributed by atoms with Crippen LogP contribution in [0.1, 0.15) is 38.5 Å². The number of carbonyl (C=O) groups excluding carboxylic acids is 2. The van der Waals surface area contributed by atoms with Crippen LogP contribution in [-0.2, 0) is 9.59 Å². The average Bonchev–Trinajstić information content (AvgIpc) is 2.49. The molecule has 10 heteroatoms. The van der Waals surface area contributed by atoms with Gasteiger partial charge in [-0.05, 0) is 12.8 Å². The Kier molecular flexibility index (Phi) is 12.6. The summed E-state index contributed by atoms with van der Waals surface area (Å²) in [4.78, 5) is 43.0. The Balaban J connectivity index is 3.32. The molecule has 0 aliphatic heterocycles. The van der Waals surface area contributed by atoms with Gasteiger partial charge >= 0.3 is 24.0 Å². The Bertz CT molecular complexity index is 378. The van der Waals surface area contributed by atoms with E-state index in [2.05, 4.69) is 21.3 Å². The summed E-state index contributed by atoms with van der Waals surface area (Å²) in [6.07, 6.45) is 3.14. The van der Waals surface area contributed by atoms with E-state index in [0.29, 0.717) is 13.1 Å². The first-order valence-corrected chi connectivity index (χ1v) is 7.89. The molecule has 0 rings (SSSR count). The van der Waals surface area contributed by atoms with Crippen LogP contribution in [0.4, 0.5) is 9.59 Å². The van der Waals surface area contributed by atoms with Crippen LogP contribution < -0.4 is 21.3 Å². The van der Waals surface area contributed by atoms with E-state index < -0.39 is 11.9 Å². The van der Waals surface area contributed by atoms with E-state index >= 15 is 0 Å². The van der Waals surface area contributed by atoms with E-state index in [9.17, 15) is 19.2 Å². The minimum absolute atomic E-state index is 0.0986. The zero-order chi connectivity index (χ0) is 18.2. The lowest BCUT2D eigenvalue weighted by Crippen LogP contribution is -2.37. The smallest absolute Gasteiger partial charge is 0.314 e. The fraction of sp³-hybridized carbons (Fsp3) is 0.714. The standard InChI is InChI=1S/C14H26N4O6/c19-11(20)5-9-17-13(23)15-7-3-1-2-4-8-16-14(24)18-10-6-12(21)22/h1-10H2,(H,19,20)(H,21,22)(H2,15,17,23)(H2,16,18,24). The number of carbonyl (C=O) groups is 4. The van der Waals surface area contributed by atoms with Crippen molar-refractivity contribution in [2.45, 2.75) is 38.5 Å². The molecule has 0 atom stereocenters. The van der Waals surface area contributed by atoms with Gasteiger partial charge in [0.2, 0.25) is 0 Å². The lowest BCUT2D eigenvalue weighted by atomic mass is 10.2. The van der Waals surface area contributed by atoms with E-state index in [1.807, 2.05) is 0 Å². The van der Waals surface area contributed by atoms with E-state index in [1.54, 1.807) is 0 Å². The van der Waals surface area contributed by atoms with E-state index in [1.165, 1.54) is 0 Å². The molecular formula is C14H26N4O6. The van der Waals surface area contributed by atoms with Crippen molar-refractivity contribution in [2.75, 3.05) is 26.2 Å². The van der Waals surface area contributed by atoms with E-state index in [4.69, 9.17) is 10.2 Å². The van der Waals surface area contributed by atoms with Gasteiger partial charge in [-0.15, -0.1) is 0 Å². The molecule has 10 nitrogen and oxygen atoms in total. The molecule has 0 saturated heterocycles. The number of carboxylic acid groups (broad SMARTS) is 2. The second-order valence-corrected chi connectivity index (χ2v) is 5.07. The molecule has 0 unspecified atom stereocenters. The third kappa shape index (κ3) is 15.9. The summed E-state index contributed by atoms with van der Waals surface area (Å²) >= 11 is 0.